The molecule has 1 atom stereocenters. The first-order chi connectivity index (χ1) is 9.63. The second kappa shape index (κ2) is 8.47. The van der Waals surface area contributed by atoms with Crippen LogP contribution in [0.15, 0.2) is 17.5 Å². The van der Waals surface area contributed by atoms with Gasteiger partial charge in [-0.1, -0.05) is 11.6 Å². The molecule has 1 saturated heterocycles. The maximum Gasteiger partial charge on any atom is 0.273 e. The Labute approximate surface area is 154 Å². The van der Waals surface area contributed by atoms with E-state index >= 15 is 0 Å². The summed E-state index contributed by atoms with van der Waals surface area (Å²) in [7, 11) is 0. The molecule has 2 aromatic rings. The summed E-state index contributed by atoms with van der Waals surface area (Å²) < 4.78 is 0.727. The minimum atomic E-state index is -0.0229. The van der Waals surface area contributed by atoms with E-state index in [4.69, 9.17) is 17.3 Å². The molecule has 1 aliphatic rings. The number of thiazole rings is 1. The van der Waals surface area contributed by atoms with Gasteiger partial charge in [-0.25, -0.2) is 4.98 Å². The lowest BCUT2D eigenvalue weighted by molar-refractivity contribution is 0.0704. The number of thiophene rings is 1. The van der Waals surface area contributed by atoms with Gasteiger partial charge < -0.3 is 10.6 Å². The summed E-state index contributed by atoms with van der Waals surface area (Å²) in [6.07, 6.45) is 1.95. The van der Waals surface area contributed by atoms with Crippen LogP contribution in [0.3, 0.4) is 0 Å². The topological polar surface area (TPSA) is 59.2 Å². The number of nitrogens with two attached hydrogens (primary N) is 1. The van der Waals surface area contributed by atoms with Crippen molar-refractivity contribution in [2.45, 2.75) is 18.9 Å². The first kappa shape index (κ1) is 19.7. The fourth-order valence-electron chi connectivity index (χ4n) is 2.27. The van der Waals surface area contributed by atoms with E-state index in [2.05, 4.69) is 4.98 Å². The Hall–Kier alpha value is -0.370. The molecular formula is C13H16Cl3N3OS2. The highest BCUT2D eigenvalue weighted by atomic mass is 35.5. The number of hydrogen-bond donors (Lipinski definition) is 1. The van der Waals surface area contributed by atoms with Crippen molar-refractivity contribution in [3.05, 3.63) is 27.5 Å². The molecule has 122 valence electrons. The summed E-state index contributed by atoms with van der Waals surface area (Å²) in [5.74, 6) is -0.0229. The number of nitrogens with zero attached hydrogens (tertiary/aromatic N) is 2. The van der Waals surface area contributed by atoms with Crippen LogP contribution in [0.4, 0.5) is 0 Å². The van der Waals surface area contributed by atoms with Crippen LogP contribution in [0.25, 0.3) is 9.88 Å². The Bertz CT molecular complexity index is 632. The van der Waals surface area contributed by atoms with Gasteiger partial charge in [0.25, 0.3) is 5.91 Å². The number of carbonyl (C=O) groups excluding carboxylic acids is 1. The van der Waals surface area contributed by atoms with Gasteiger partial charge in [-0.15, -0.1) is 47.5 Å². The Morgan fingerprint density at radius 1 is 1.41 bits per heavy atom. The Morgan fingerprint density at radius 3 is 2.82 bits per heavy atom. The van der Waals surface area contributed by atoms with Gasteiger partial charge in [0, 0.05) is 24.5 Å². The molecule has 2 aromatic heterocycles. The summed E-state index contributed by atoms with van der Waals surface area (Å²) in [4.78, 5) is 19.6. The van der Waals surface area contributed by atoms with E-state index in [0.29, 0.717) is 12.2 Å². The second-order valence-corrected chi connectivity index (χ2v) is 7.37. The molecule has 0 spiro atoms. The second-order valence-electron chi connectivity index (χ2n) is 4.80. The molecule has 1 aliphatic heterocycles. The van der Waals surface area contributed by atoms with E-state index < -0.39 is 0 Å². The molecule has 0 saturated carbocycles. The lowest BCUT2D eigenvalue weighted by atomic mass is 10.1. The number of hydrogen-bond acceptors (Lipinski definition) is 5. The van der Waals surface area contributed by atoms with Crippen molar-refractivity contribution < 1.29 is 4.79 Å². The number of likely N-dealkylation sites (tertiary alicyclic amines) is 1. The third-order valence-electron chi connectivity index (χ3n) is 3.25. The molecular weight excluding hydrogens is 385 g/mol. The van der Waals surface area contributed by atoms with E-state index in [1.807, 2.05) is 17.5 Å². The third-order valence-corrected chi connectivity index (χ3v) is 5.49. The molecule has 1 amide bonds. The summed E-state index contributed by atoms with van der Waals surface area (Å²) >= 11 is 8.87. The van der Waals surface area contributed by atoms with Gasteiger partial charge in [-0.3, -0.25) is 4.79 Å². The lowest BCUT2D eigenvalue weighted by Gasteiger charge is -2.30. The number of rotatable bonds is 2. The van der Waals surface area contributed by atoms with Gasteiger partial charge in [-0.05, 0) is 25.0 Å². The predicted octanol–water partition coefficient (Wildman–Crippen LogP) is 3.93. The maximum absolute atomic E-state index is 12.4. The Kier molecular flexibility index (Phi) is 7.58. The fourth-order valence-corrected chi connectivity index (χ4v) is 4.18. The molecule has 9 heteroatoms. The molecule has 0 bridgehead atoms. The van der Waals surface area contributed by atoms with Crippen molar-refractivity contribution in [1.29, 1.82) is 0 Å². The summed E-state index contributed by atoms with van der Waals surface area (Å²) in [5.41, 5.74) is 6.42. The Morgan fingerprint density at radius 2 is 2.18 bits per heavy atom. The van der Waals surface area contributed by atoms with Crippen LogP contribution in [0.2, 0.25) is 4.34 Å². The van der Waals surface area contributed by atoms with Crippen LogP contribution in [-0.2, 0) is 0 Å². The zero-order chi connectivity index (χ0) is 14.1. The monoisotopic (exact) mass is 399 g/mol. The minimum absolute atomic E-state index is 0. The van der Waals surface area contributed by atoms with Crippen LogP contribution in [0, 0.1) is 0 Å². The van der Waals surface area contributed by atoms with E-state index in [-0.39, 0.29) is 36.8 Å². The minimum Gasteiger partial charge on any atom is -0.336 e. The summed E-state index contributed by atoms with van der Waals surface area (Å²) in [5, 5.41) is 2.65. The molecule has 0 radical (unpaired) electrons. The predicted molar refractivity (Wildman–Crippen MR) is 98.0 cm³/mol. The molecule has 1 unspecified atom stereocenters. The zero-order valence-electron chi connectivity index (χ0n) is 11.5. The van der Waals surface area contributed by atoms with Crippen molar-refractivity contribution in [2.75, 3.05) is 13.1 Å². The average Bonchev–Trinajstić information content (AvgIpc) is 3.06. The number of carbonyl (C=O) groups is 1. The van der Waals surface area contributed by atoms with Crippen molar-refractivity contribution in [3.8, 4) is 9.88 Å². The smallest absolute Gasteiger partial charge is 0.273 e. The largest absolute Gasteiger partial charge is 0.336 e. The highest BCUT2D eigenvalue weighted by Gasteiger charge is 2.24. The van der Waals surface area contributed by atoms with Gasteiger partial charge in [0.15, 0.2) is 0 Å². The van der Waals surface area contributed by atoms with Crippen LogP contribution < -0.4 is 5.73 Å². The molecule has 22 heavy (non-hydrogen) atoms. The maximum atomic E-state index is 12.4. The number of piperidine rings is 1. The van der Waals surface area contributed by atoms with Crippen molar-refractivity contribution in [2.24, 2.45) is 5.73 Å². The zero-order valence-corrected chi connectivity index (χ0v) is 15.6. The summed E-state index contributed by atoms with van der Waals surface area (Å²) in [6, 6.07) is 3.85. The molecule has 2 N–H and O–H groups in total. The van der Waals surface area contributed by atoms with Gasteiger partial charge in [-0.2, -0.15) is 0 Å². The van der Waals surface area contributed by atoms with Crippen molar-refractivity contribution in [1.82, 2.24) is 9.88 Å². The van der Waals surface area contributed by atoms with Crippen molar-refractivity contribution >= 4 is 65.0 Å². The van der Waals surface area contributed by atoms with Gasteiger partial charge in [0.05, 0.1) is 9.21 Å². The Balaban J connectivity index is 0.00000121. The first-order valence-electron chi connectivity index (χ1n) is 6.39. The first-order valence-corrected chi connectivity index (χ1v) is 8.47. The molecule has 3 heterocycles. The normalized spacial score (nSPS) is 17.5. The van der Waals surface area contributed by atoms with Gasteiger partial charge in [0.1, 0.15) is 10.7 Å². The molecule has 4 nitrogen and oxygen atoms in total. The van der Waals surface area contributed by atoms with E-state index in [9.17, 15) is 4.79 Å². The van der Waals surface area contributed by atoms with Crippen molar-refractivity contribution in [3.63, 3.8) is 0 Å². The van der Waals surface area contributed by atoms with E-state index in [1.165, 1.54) is 22.7 Å². The van der Waals surface area contributed by atoms with Crippen LogP contribution in [0.5, 0.6) is 0 Å². The number of halogens is 3. The average molecular weight is 401 g/mol. The van der Waals surface area contributed by atoms with Gasteiger partial charge in [0.2, 0.25) is 0 Å². The lowest BCUT2D eigenvalue weighted by Crippen LogP contribution is -2.45. The van der Waals surface area contributed by atoms with Crippen LogP contribution >= 0.6 is 59.1 Å². The molecule has 3 rings (SSSR count). The number of aromatic nitrogens is 1. The molecule has 0 aliphatic carbocycles. The molecule has 0 aromatic carbocycles. The summed E-state index contributed by atoms with van der Waals surface area (Å²) in [6.45, 7) is 1.39. The van der Waals surface area contributed by atoms with Crippen LogP contribution in [0.1, 0.15) is 23.3 Å². The van der Waals surface area contributed by atoms with Crippen LogP contribution in [-0.4, -0.2) is 34.9 Å². The van der Waals surface area contributed by atoms with E-state index in [0.717, 1.165) is 33.6 Å². The quantitative estimate of drug-likeness (QED) is 0.831. The molecule has 1 fully saturated rings. The third kappa shape index (κ3) is 4.34. The highest BCUT2D eigenvalue weighted by molar-refractivity contribution is 7.23. The van der Waals surface area contributed by atoms with E-state index in [1.54, 1.807) is 4.90 Å². The SMILES string of the molecule is Cl.Cl.NC1CCCN(C(=O)c2csc(-c3ccc(Cl)s3)n2)C1. The highest BCUT2D eigenvalue weighted by Crippen LogP contribution is 2.33. The van der Waals surface area contributed by atoms with Gasteiger partial charge >= 0.3 is 0 Å². The number of amides is 1. The standard InChI is InChI=1S/C13H14ClN3OS2.2ClH/c14-11-4-3-10(20-11)12-16-9(7-19-12)13(18)17-5-1-2-8(15)6-17;;/h3-4,7-8H,1-2,5-6,15H2;2*1H. The fraction of sp³-hybridized carbons (Fsp3) is 0.385.